The van der Waals surface area contributed by atoms with Gasteiger partial charge < -0.3 is 19.9 Å². The molecule has 2 fully saturated rings. The van der Waals surface area contributed by atoms with Gasteiger partial charge in [0.2, 0.25) is 5.91 Å². The fourth-order valence-electron chi connectivity index (χ4n) is 3.30. The molecule has 2 saturated heterocycles. The van der Waals surface area contributed by atoms with E-state index in [0.29, 0.717) is 11.8 Å². The van der Waals surface area contributed by atoms with Gasteiger partial charge in [0.05, 0.1) is 24.8 Å². The number of morpholine rings is 1. The Hall–Kier alpha value is -2.43. The number of benzene rings is 1. The van der Waals surface area contributed by atoms with Crippen molar-refractivity contribution in [2.75, 3.05) is 26.2 Å². The number of nitrogens with one attached hydrogen (secondary N) is 1. The first-order valence-corrected chi connectivity index (χ1v) is 10.7. The van der Waals surface area contributed by atoms with Gasteiger partial charge in [0.25, 0.3) is 0 Å². The summed E-state index contributed by atoms with van der Waals surface area (Å²) in [6, 6.07) is 7.47. The summed E-state index contributed by atoms with van der Waals surface area (Å²) in [6.07, 6.45) is 1.80. The lowest BCUT2D eigenvalue weighted by atomic mass is 10.2. The van der Waals surface area contributed by atoms with Crippen LogP contribution in [0.1, 0.15) is 25.8 Å². The standard InChI is InChI=1S/C20H26N4O5S/c1-13-11-24(12-14(2)29-13)7-8-28-16-5-3-15(4-6-16)10-21-23-20-22-19(27)17(30-20)9-18(25)26/h3-6,10,13-14,17H,7-9,11-12H2,1-2H3,(H,25,26)(H,22,23,27). The van der Waals surface area contributed by atoms with Crippen LogP contribution in [0.4, 0.5) is 0 Å². The Labute approximate surface area is 179 Å². The lowest BCUT2D eigenvalue weighted by molar-refractivity contribution is -0.138. The summed E-state index contributed by atoms with van der Waals surface area (Å²) in [7, 11) is 0. The summed E-state index contributed by atoms with van der Waals surface area (Å²) in [4.78, 5) is 24.7. The Balaban J connectivity index is 1.43. The summed E-state index contributed by atoms with van der Waals surface area (Å²) in [5.74, 6) is -0.606. The first kappa shape index (κ1) is 22.3. The maximum absolute atomic E-state index is 11.7. The van der Waals surface area contributed by atoms with E-state index in [9.17, 15) is 9.59 Å². The van der Waals surface area contributed by atoms with Gasteiger partial charge in [-0.3, -0.25) is 14.5 Å². The molecule has 2 aliphatic rings. The number of aliphatic carboxylic acids is 1. The van der Waals surface area contributed by atoms with E-state index in [2.05, 4.69) is 34.3 Å². The van der Waals surface area contributed by atoms with Crippen molar-refractivity contribution in [1.29, 1.82) is 0 Å². The molecule has 3 atom stereocenters. The zero-order valence-electron chi connectivity index (χ0n) is 17.0. The lowest BCUT2D eigenvalue weighted by Gasteiger charge is -2.35. The van der Waals surface area contributed by atoms with Crippen LogP contribution in [0.25, 0.3) is 0 Å². The van der Waals surface area contributed by atoms with E-state index in [1.165, 1.54) is 0 Å². The van der Waals surface area contributed by atoms with Gasteiger partial charge in [0, 0.05) is 19.6 Å². The van der Waals surface area contributed by atoms with Crippen molar-refractivity contribution >= 4 is 35.0 Å². The van der Waals surface area contributed by atoms with E-state index >= 15 is 0 Å². The number of carbonyl (C=O) groups is 2. The van der Waals surface area contributed by atoms with Crippen LogP contribution in [0.5, 0.6) is 5.75 Å². The molecule has 10 heteroatoms. The van der Waals surface area contributed by atoms with Crippen LogP contribution in [0.15, 0.2) is 34.5 Å². The molecule has 0 bridgehead atoms. The van der Waals surface area contributed by atoms with Crippen molar-refractivity contribution in [3.8, 4) is 5.75 Å². The highest BCUT2D eigenvalue weighted by molar-refractivity contribution is 8.15. The van der Waals surface area contributed by atoms with Crippen LogP contribution in [0.2, 0.25) is 0 Å². The highest BCUT2D eigenvalue weighted by Gasteiger charge is 2.32. The number of carboxylic acids is 1. The minimum atomic E-state index is -1.02. The maximum atomic E-state index is 11.7. The average molecular weight is 435 g/mol. The second-order valence-corrected chi connectivity index (χ2v) is 8.47. The summed E-state index contributed by atoms with van der Waals surface area (Å²) in [5.41, 5.74) is 0.832. The Kier molecular flexibility index (Phi) is 7.83. The van der Waals surface area contributed by atoms with Gasteiger partial charge in [-0.25, -0.2) is 0 Å². The first-order valence-electron chi connectivity index (χ1n) is 9.80. The maximum Gasteiger partial charge on any atom is 0.305 e. The van der Waals surface area contributed by atoms with Gasteiger partial charge in [-0.2, -0.15) is 5.10 Å². The molecule has 0 spiro atoms. The van der Waals surface area contributed by atoms with Gasteiger partial charge in [-0.15, -0.1) is 5.10 Å². The van der Waals surface area contributed by atoms with E-state index in [4.69, 9.17) is 14.6 Å². The van der Waals surface area contributed by atoms with Gasteiger partial charge in [0.15, 0.2) is 5.17 Å². The highest BCUT2D eigenvalue weighted by atomic mass is 32.2. The average Bonchev–Trinajstić information content (AvgIpc) is 3.01. The molecule has 1 aromatic carbocycles. The zero-order valence-corrected chi connectivity index (χ0v) is 17.8. The molecule has 30 heavy (non-hydrogen) atoms. The molecular weight excluding hydrogens is 408 g/mol. The number of thioether (sulfide) groups is 1. The molecule has 1 aromatic rings. The van der Waals surface area contributed by atoms with Crippen LogP contribution >= 0.6 is 11.8 Å². The molecule has 2 N–H and O–H groups in total. The summed E-state index contributed by atoms with van der Waals surface area (Å²) >= 11 is 1.07. The molecule has 2 aliphatic heterocycles. The Morgan fingerprint density at radius 2 is 2.03 bits per heavy atom. The predicted octanol–water partition coefficient (Wildman–Crippen LogP) is 1.57. The van der Waals surface area contributed by atoms with Crippen molar-refractivity contribution in [3.63, 3.8) is 0 Å². The second-order valence-electron chi connectivity index (χ2n) is 7.28. The minimum absolute atomic E-state index is 0.245. The van der Waals surface area contributed by atoms with Crippen molar-refractivity contribution in [2.24, 2.45) is 10.2 Å². The molecule has 3 unspecified atom stereocenters. The van der Waals surface area contributed by atoms with Crippen LogP contribution in [-0.2, 0) is 14.3 Å². The number of ether oxygens (including phenoxy) is 2. The number of amides is 1. The fourth-order valence-corrected chi connectivity index (χ4v) is 4.22. The Morgan fingerprint density at radius 1 is 1.33 bits per heavy atom. The smallest absolute Gasteiger partial charge is 0.305 e. The van der Waals surface area contributed by atoms with Gasteiger partial charge in [0.1, 0.15) is 17.6 Å². The van der Waals surface area contributed by atoms with Crippen LogP contribution in [0.3, 0.4) is 0 Å². The van der Waals surface area contributed by atoms with E-state index in [1.807, 2.05) is 24.3 Å². The van der Waals surface area contributed by atoms with Crippen molar-refractivity contribution in [2.45, 2.75) is 37.7 Å². The van der Waals surface area contributed by atoms with E-state index in [0.717, 1.165) is 42.7 Å². The van der Waals surface area contributed by atoms with Crippen molar-refractivity contribution in [3.05, 3.63) is 29.8 Å². The van der Waals surface area contributed by atoms with Gasteiger partial charge >= 0.3 is 5.97 Å². The van der Waals surface area contributed by atoms with E-state index in [1.54, 1.807) is 6.21 Å². The topological polar surface area (TPSA) is 113 Å². The molecule has 0 saturated carbocycles. The third kappa shape index (κ3) is 6.82. The molecule has 162 valence electrons. The zero-order chi connectivity index (χ0) is 21.5. The third-order valence-electron chi connectivity index (χ3n) is 4.54. The summed E-state index contributed by atoms with van der Waals surface area (Å²) in [6.45, 7) is 7.47. The number of hydrogen-bond donors (Lipinski definition) is 2. The number of amidine groups is 1. The highest BCUT2D eigenvalue weighted by Crippen LogP contribution is 2.22. The molecule has 2 heterocycles. The molecule has 1 amide bonds. The predicted molar refractivity (Wildman–Crippen MR) is 115 cm³/mol. The quantitative estimate of drug-likeness (QED) is 0.472. The van der Waals surface area contributed by atoms with Crippen LogP contribution in [0, 0.1) is 0 Å². The normalized spacial score (nSPS) is 26.3. The second kappa shape index (κ2) is 10.6. The molecule has 3 rings (SSSR count). The number of rotatable bonds is 8. The number of carbonyl (C=O) groups excluding carboxylic acids is 1. The lowest BCUT2D eigenvalue weighted by Crippen LogP contribution is -2.46. The monoisotopic (exact) mass is 434 g/mol. The molecule has 0 aromatic heterocycles. The molecular formula is C20H26N4O5S. The van der Waals surface area contributed by atoms with Crippen LogP contribution < -0.4 is 10.1 Å². The fraction of sp³-hybridized carbons (Fsp3) is 0.500. The molecule has 0 radical (unpaired) electrons. The van der Waals surface area contributed by atoms with Crippen molar-refractivity contribution < 1.29 is 24.2 Å². The van der Waals surface area contributed by atoms with E-state index in [-0.39, 0.29) is 24.5 Å². The number of nitrogens with zero attached hydrogens (tertiary/aromatic N) is 3. The summed E-state index contributed by atoms with van der Waals surface area (Å²) in [5, 5.41) is 18.8. The molecule has 0 aliphatic carbocycles. The minimum Gasteiger partial charge on any atom is -0.492 e. The number of carboxylic acid groups (broad SMARTS) is 1. The first-order chi connectivity index (χ1) is 14.4. The van der Waals surface area contributed by atoms with Gasteiger partial charge in [-0.1, -0.05) is 11.8 Å². The van der Waals surface area contributed by atoms with Crippen LogP contribution in [-0.4, -0.2) is 77.0 Å². The number of hydrogen-bond acceptors (Lipinski definition) is 8. The van der Waals surface area contributed by atoms with Crippen molar-refractivity contribution in [1.82, 2.24) is 10.2 Å². The molecule has 9 nitrogen and oxygen atoms in total. The Morgan fingerprint density at radius 3 is 2.70 bits per heavy atom. The summed E-state index contributed by atoms with van der Waals surface area (Å²) < 4.78 is 11.6. The SMILES string of the molecule is CC1CN(CCOc2ccc(C=NN=C3NC(=O)C(CC(=O)O)S3)cc2)CC(C)O1. The van der Waals surface area contributed by atoms with Gasteiger partial charge in [-0.05, 0) is 43.7 Å². The third-order valence-corrected chi connectivity index (χ3v) is 5.62. The Bertz CT molecular complexity index is 804. The van der Waals surface area contributed by atoms with E-state index < -0.39 is 11.2 Å². The largest absolute Gasteiger partial charge is 0.492 e.